The Kier molecular flexibility index (Phi) is 2.66. The number of anilines is 1. The van der Waals surface area contributed by atoms with E-state index in [0.717, 1.165) is 0 Å². The van der Waals surface area contributed by atoms with Gasteiger partial charge in [-0.05, 0) is 15.9 Å². The molecule has 0 unspecified atom stereocenters. The Morgan fingerprint density at radius 1 is 1.82 bits per heavy atom. The zero-order valence-electron chi connectivity index (χ0n) is 5.17. The molecule has 5 nitrogen and oxygen atoms in total. The molecule has 0 saturated carbocycles. The summed E-state index contributed by atoms with van der Waals surface area (Å²) in [6, 6.07) is 0. The number of nitrogens with zero attached hydrogens (tertiary/aromatic N) is 1. The Hall–Kier alpha value is -0.820. The summed E-state index contributed by atoms with van der Waals surface area (Å²) in [5, 5.41) is 8.83. The lowest BCUT2D eigenvalue weighted by Crippen LogP contribution is -2.26. The lowest BCUT2D eigenvalue weighted by Gasteiger charge is -2.00. The topological polar surface area (TPSA) is 74.2 Å². The number of carboxylic acid groups (broad SMARTS) is 1. The number of amides is 1. The maximum absolute atomic E-state index is 10.0. The van der Waals surface area contributed by atoms with Crippen LogP contribution in [0.3, 0.4) is 0 Å². The van der Waals surface area contributed by atoms with Crippen molar-refractivity contribution in [3.63, 3.8) is 0 Å². The standard InChI is InChI=1S/C4H4BrN3O2S/c5-2-3(11-1-6-2)7-8-4(9)10/h1,7-8H,(H,9,10). The van der Waals surface area contributed by atoms with Crippen molar-refractivity contribution in [2.75, 3.05) is 5.43 Å². The van der Waals surface area contributed by atoms with Crippen molar-refractivity contribution in [2.45, 2.75) is 0 Å². The van der Waals surface area contributed by atoms with E-state index in [9.17, 15) is 4.79 Å². The quantitative estimate of drug-likeness (QED) is 0.682. The zero-order valence-corrected chi connectivity index (χ0v) is 7.57. The fourth-order valence-electron chi connectivity index (χ4n) is 0.424. The van der Waals surface area contributed by atoms with Crippen LogP contribution in [0.5, 0.6) is 0 Å². The molecule has 0 aliphatic rings. The van der Waals surface area contributed by atoms with Crippen molar-refractivity contribution in [1.82, 2.24) is 10.4 Å². The predicted octanol–water partition coefficient (Wildman–Crippen LogP) is 1.50. The maximum Gasteiger partial charge on any atom is 0.423 e. The molecule has 0 saturated heterocycles. The van der Waals surface area contributed by atoms with Crippen LogP contribution >= 0.6 is 27.3 Å². The van der Waals surface area contributed by atoms with E-state index in [1.54, 1.807) is 5.51 Å². The summed E-state index contributed by atoms with van der Waals surface area (Å²) < 4.78 is 0.594. The fourth-order valence-corrected chi connectivity index (χ4v) is 1.56. The van der Waals surface area contributed by atoms with Gasteiger partial charge < -0.3 is 5.11 Å². The highest BCUT2D eigenvalue weighted by Gasteiger charge is 2.01. The van der Waals surface area contributed by atoms with E-state index < -0.39 is 6.09 Å². The van der Waals surface area contributed by atoms with Gasteiger partial charge in [0.25, 0.3) is 0 Å². The Bertz CT molecular complexity index is 264. The number of aromatic nitrogens is 1. The molecule has 0 aliphatic heterocycles. The van der Waals surface area contributed by atoms with E-state index in [2.05, 4.69) is 26.3 Å². The number of hydrogen-bond acceptors (Lipinski definition) is 4. The Morgan fingerprint density at radius 2 is 2.55 bits per heavy atom. The number of hydrazine groups is 1. The molecule has 0 radical (unpaired) electrons. The number of halogens is 1. The second-order valence-electron chi connectivity index (χ2n) is 1.53. The third-order valence-electron chi connectivity index (χ3n) is 0.807. The number of carbonyl (C=O) groups is 1. The van der Waals surface area contributed by atoms with Crippen molar-refractivity contribution < 1.29 is 9.90 Å². The van der Waals surface area contributed by atoms with Gasteiger partial charge in [-0.1, -0.05) is 0 Å². The van der Waals surface area contributed by atoms with Gasteiger partial charge in [-0.25, -0.2) is 15.2 Å². The second-order valence-corrected chi connectivity index (χ2v) is 3.13. The van der Waals surface area contributed by atoms with Gasteiger partial charge in [0.1, 0.15) is 9.60 Å². The third kappa shape index (κ3) is 2.35. The summed E-state index contributed by atoms with van der Waals surface area (Å²) in [5.41, 5.74) is 6.04. The van der Waals surface area contributed by atoms with E-state index in [4.69, 9.17) is 5.11 Å². The molecule has 1 amide bonds. The molecule has 0 atom stereocenters. The second kappa shape index (κ2) is 3.54. The van der Waals surface area contributed by atoms with Gasteiger partial charge >= 0.3 is 6.09 Å². The minimum absolute atomic E-state index is 0.594. The summed E-state index contributed by atoms with van der Waals surface area (Å²) in [6.07, 6.45) is -1.13. The van der Waals surface area contributed by atoms with E-state index in [1.807, 2.05) is 5.43 Å². The van der Waals surface area contributed by atoms with E-state index in [-0.39, 0.29) is 0 Å². The van der Waals surface area contributed by atoms with Crippen molar-refractivity contribution in [1.29, 1.82) is 0 Å². The smallest absolute Gasteiger partial charge is 0.423 e. The average Bonchev–Trinajstić information content (AvgIpc) is 2.31. The first-order chi connectivity index (χ1) is 5.20. The van der Waals surface area contributed by atoms with Gasteiger partial charge in [-0.15, -0.1) is 11.3 Å². The van der Waals surface area contributed by atoms with Crippen LogP contribution in [0.15, 0.2) is 10.1 Å². The van der Waals surface area contributed by atoms with Crippen molar-refractivity contribution >= 4 is 38.4 Å². The van der Waals surface area contributed by atoms with Crippen molar-refractivity contribution in [3.05, 3.63) is 10.1 Å². The number of hydrogen-bond donors (Lipinski definition) is 3. The largest absolute Gasteiger partial charge is 0.464 e. The Labute approximate surface area is 74.5 Å². The van der Waals surface area contributed by atoms with Crippen LogP contribution in [0.4, 0.5) is 9.80 Å². The molecule has 1 rings (SSSR count). The molecule has 0 bridgehead atoms. The van der Waals surface area contributed by atoms with Crippen molar-refractivity contribution in [2.24, 2.45) is 0 Å². The van der Waals surface area contributed by atoms with Crippen LogP contribution in [0.25, 0.3) is 0 Å². The van der Waals surface area contributed by atoms with E-state index >= 15 is 0 Å². The molecule has 1 aromatic heterocycles. The SMILES string of the molecule is O=C(O)NNc1scnc1Br. The minimum atomic E-state index is -1.13. The molecule has 1 heterocycles. The summed E-state index contributed by atoms with van der Waals surface area (Å²) in [4.78, 5) is 13.8. The predicted molar refractivity (Wildman–Crippen MR) is 44.6 cm³/mol. The van der Waals surface area contributed by atoms with Gasteiger partial charge in [0.15, 0.2) is 0 Å². The van der Waals surface area contributed by atoms with Crippen LogP contribution in [-0.4, -0.2) is 16.2 Å². The molecule has 0 spiro atoms. The molecule has 3 N–H and O–H groups in total. The highest BCUT2D eigenvalue weighted by molar-refractivity contribution is 9.10. The van der Waals surface area contributed by atoms with Crippen LogP contribution in [0, 0.1) is 0 Å². The lowest BCUT2D eigenvalue weighted by atomic mass is 10.9. The summed E-state index contributed by atoms with van der Waals surface area (Å²) in [6.45, 7) is 0. The monoisotopic (exact) mass is 237 g/mol. The van der Waals surface area contributed by atoms with Crippen LogP contribution in [0.2, 0.25) is 0 Å². The highest BCUT2D eigenvalue weighted by Crippen LogP contribution is 2.23. The lowest BCUT2D eigenvalue weighted by molar-refractivity contribution is 0.197. The van der Waals surface area contributed by atoms with Gasteiger partial charge in [0.05, 0.1) is 5.51 Å². The van der Waals surface area contributed by atoms with Crippen LogP contribution < -0.4 is 10.9 Å². The minimum Gasteiger partial charge on any atom is -0.464 e. The van der Waals surface area contributed by atoms with Crippen LogP contribution in [-0.2, 0) is 0 Å². The summed E-state index contributed by atoms with van der Waals surface area (Å²) >= 11 is 4.42. The Balaban J connectivity index is 2.51. The first-order valence-electron chi connectivity index (χ1n) is 2.54. The molecule has 60 valence electrons. The van der Waals surface area contributed by atoms with Gasteiger partial charge in [0.2, 0.25) is 0 Å². The molecular formula is C4H4BrN3O2S. The number of nitrogens with one attached hydrogen (secondary N) is 2. The molecule has 1 aromatic rings. The van der Waals surface area contributed by atoms with Gasteiger partial charge in [0, 0.05) is 0 Å². The van der Waals surface area contributed by atoms with Gasteiger partial charge in [-0.3, -0.25) is 5.43 Å². The number of thiazole rings is 1. The van der Waals surface area contributed by atoms with Crippen molar-refractivity contribution in [3.8, 4) is 0 Å². The molecule has 7 heteroatoms. The molecule has 11 heavy (non-hydrogen) atoms. The van der Waals surface area contributed by atoms with Gasteiger partial charge in [-0.2, -0.15) is 0 Å². The average molecular weight is 238 g/mol. The highest BCUT2D eigenvalue weighted by atomic mass is 79.9. The third-order valence-corrected chi connectivity index (χ3v) is 2.41. The molecule has 0 fully saturated rings. The fraction of sp³-hybridized carbons (Fsp3) is 0. The van der Waals surface area contributed by atoms with Crippen LogP contribution in [0.1, 0.15) is 0 Å². The molecule has 0 aromatic carbocycles. The molecular weight excluding hydrogens is 234 g/mol. The number of rotatable bonds is 2. The maximum atomic E-state index is 10.0. The zero-order chi connectivity index (χ0) is 8.27. The summed E-state index contributed by atoms with van der Waals surface area (Å²) in [7, 11) is 0. The Morgan fingerprint density at radius 3 is 3.00 bits per heavy atom. The molecule has 0 aliphatic carbocycles. The van der Waals surface area contributed by atoms with E-state index in [0.29, 0.717) is 9.60 Å². The first kappa shape index (κ1) is 8.28. The first-order valence-corrected chi connectivity index (χ1v) is 4.21. The summed E-state index contributed by atoms with van der Waals surface area (Å²) in [5.74, 6) is 0. The normalized spacial score (nSPS) is 9.18. The van der Waals surface area contributed by atoms with E-state index in [1.165, 1.54) is 11.3 Å².